The normalized spacial score (nSPS) is 17.1. The van der Waals surface area contributed by atoms with E-state index < -0.39 is 0 Å². The molecule has 0 bridgehead atoms. The highest BCUT2D eigenvalue weighted by molar-refractivity contribution is 8.00. The number of thiophene rings is 1. The molecule has 1 atom stereocenters. The smallest absolute Gasteiger partial charge is 0.267 e. The number of fused-ring (bicyclic) bond motifs is 1. The monoisotopic (exact) mass is 428 g/mol. The summed E-state index contributed by atoms with van der Waals surface area (Å²) in [5, 5.41) is 1.12. The Morgan fingerprint density at radius 2 is 2.14 bits per heavy atom. The molecule has 0 radical (unpaired) electrons. The van der Waals surface area contributed by atoms with E-state index in [1.54, 1.807) is 23.0 Å². The minimum atomic E-state index is -0.142. The van der Waals surface area contributed by atoms with E-state index in [0.717, 1.165) is 36.1 Å². The van der Waals surface area contributed by atoms with Crippen LogP contribution >= 0.6 is 23.1 Å². The SMILES string of the molecule is CCc1sc2nc(SC3CCCCC3=O)n(-c3cccc(OC)c3)c(=O)c2c1C. The number of benzene rings is 1. The van der Waals surface area contributed by atoms with Crippen molar-refractivity contribution in [2.45, 2.75) is 56.4 Å². The number of hydrogen-bond acceptors (Lipinski definition) is 6. The number of aryl methyl sites for hydroxylation is 2. The lowest BCUT2D eigenvalue weighted by molar-refractivity contribution is -0.119. The van der Waals surface area contributed by atoms with Gasteiger partial charge in [-0.3, -0.25) is 14.2 Å². The quantitative estimate of drug-likeness (QED) is 0.539. The molecule has 1 fully saturated rings. The topological polar surface area (TPSA) is 61.2 Å². The van der Waals surface area contributed by atoms with E-state index in [1.807, 2.05) is 31.2 Å². The van der Waals surface area contributed by atoms with E-state index >= 15 is 0 Å². The van der Waals surface area contributed by atoms with Crippen LogP contribution in [0.3, 0.4) is 0 Å². The van der Waals surface area contributed by atoms with Gasteiger partial charge >= 0.3 is 0 Å². The van der Waals surface area contributed by atoms with Gasteiger partial charge in [-0.1, -0.05) is 31.2 Å². The number of Topliss-reactive ketones (excluding diaryl/α,β-unsaturated/α-hetero) is 1. The molecule has 1 aromatic carbocycles. The summed E-state index contributed by atoms with van der Waals surface area (Å²) in [5.41, 5.74) is 1.63. The molecule has 29 heavy (non-hydrogen) atoms. The summed E-state index contributed by atoms with van der Waals surface area (Å²) in [4.78, 5) is 32.9. The van der Waals surface area contributed by atoms with Crippen molar-refractivity contribution in [3.8, 4) is 11.4 Å². The third kappa shape index (κ3) is 3.73. The molecule has 0 N–H and O–H groups in total. The van der Waals surface area contributed by atoms with E-state index in [-0.39, 0.29) is 16.6 Å². The summed E-state index contributed by atoms with van der Waals surface area (Å²) in [6.07, 6.45) is 4.30. The Balaban J connectivity index is 1.94. The van der Waals surface area contributed by atoms with Gasteiger partial charge in [-0.2, -0.15) is 0 Å². The standard InChI is InChI=1S/C22H24N2O3S2/c1-4-17-13(2)19-20(28-17)23-22(29-18-11-6-5-10-16(18)25)24(21(19)26)14-8-7-9-15(12-14)27-3/h7-9,12,18H,4-6,10-11H2,1-3H3. The largest absolute Gasteiger partial charge is 0.497 e. The van der Waals surface area contributed by atoms with E-state index in [0.29, 0.717) is 28.4 Å². The Morgan fingerprint density at radius 1 is 1.31 bits per heavy atom. The minimum Gasteiger partial charge on any atom is -0.497 e. The van der Waals surface area contributed by atoms with Gasteiger partial charge in [-0.05, 0) is 43.9 Å². The highest BCUT2D eigenvalue weighted by atomic mass is 32.2. The van der Waals surface area contributed by atoms with Crippen molar-refractivity contribution in [1.82, 2.24) is 9.55 Å². The average Bonchev–Trinajstić information content (AvgIpc) is 3.05. The number of methoxy groups -OCH3 is 1. The van der Waals surface area contributed by atoms with E-state index in [1.165, 1.54) is 16.6 Å². The predicted molar refractivity (Wildman–Crippen MR) is 119 cm³/mol. The average molecular weight is 429 g/mol. The maximum Gasteiger partial charge on any atom is 0.267 e. The fraction of sp³-hybridized carbons (Fsp3) is 0.409. The van der Waals surface area contributed by atoms with Crippen LogP contribution in [0, 0.1) is 6.92 Å². The number of hydrogen-bond donors (Lipinski definition) is 0. The van der Waals surface area contributed by atoms with E-state index in [9.17, 15) is 9.59 Å². The molecule has 1 unspecified atom stereocenters. The molecule has 4 rings (SSSR count). The zero-order valence-electron chi connectivity index (χ0n) is 16.9. The molecule has 1 aliphatic carbocycles. The van der Waals surface area contributed by atoms with Gasteiger partial charge < -0.3 is 4.74 Å². The molecule has 5 nitrogen and oxygen atoms in total. The lowest BCUT2D eigenvalue weighted by atomic mass is 9.99. The van der Waals surface area contributed by atoms with Crippen LogP contribution in [0.2, 0.25) is 0 Å². The summed E-state index contributed by atoms with van der Waals surface area (Å²) >= 11 is 3.01. The Kier molecular flexibility index (Phi) is 5.79. The zero-order valence-corrected chi connectivity index (χ0v) is 18.5. The Bertz CT molecular complexity index is 1130. The maximum atomic E-state index is 13.6. The van der Waals surface area contributed by atoms with Gasteiger partial charge in [0.2, 0.25) is 0 Å². The van der Waals surface area contributed by atoms with Gasteiger partial charge in [0.15, 0.2) is 5.16 Å². The molecule has 1 saturated carbocycles. The fourth-order valence-electron chi connectivity index (χ4n) is 3.81. The number of nitrogens with zero attached hydrogens (tertiary/aromatic N) is 2. The second kappa shape index (κ2) is 8.32. The predicted octanol–water partition coefficient (Wildman–Crippen LogP) is 4.93. The number of rotatable bonds is 5. The van der Waals surface area contributed by atoms with Crippen LogP contribution in [-0.2, 0) is 11.2 Å². The molecule has 0 amide bonds. The first-order chi connectivity index (χ1) is 14.0. The number of ketones is 1. The first-order valence-electron chi connectivity index (χ1n) is 9.92. The highest BCUT2D eigenvalue weighted by Crippen LogP contribution is 2.35. The molecule has 2 heterocycles. The number of ether oxygens (including phenoxy) is 1. The number of thioether (sulfide) groups is 1. The lowest BCUT2D eigenvalue weighted by Crippen LogP contribution is -2.26. The maximum absolute atomic E-state index is 13.6. The summed E-state index contributed by atoms with van der Waals surface area (Å²) in [5.74, 6) is 0.930. The van der Waals surface area contributed by atoms with Crippen molar-refractivity contribution in [1.29, 1.82) is 0 Å². The summed E-state index contributed by atoms with van der Waals surface area (Å²) < 4.78 is 7.01. The summed E-state index contributed by atoms with van der Waals surface area (Å²) in [6.45, 7) is 4.09. The number of carbonyl (C=O) groups is 1. The molecule has 0 saturated heterocycles. The van der Waals surface area contributed by atoms with Crippen LogP contribution < -0.4 is 10.3 Å². The lowest BCUT2D eigenvalue weighted by Gasteiger charge is -2.21. The second-order valence-electron chi connectivity index (χ2n) is 7.24. The van der Waals surface area contributed by atoms with Crippen LogP contribution in [0.1, 0.15) is 43.0 Å². The van der Waals surface area contributed by atoms with Crippen LogP contribution in [0.5, 0.6) is 5.75 Å². The van der Waals surface area contributed by atoms with Crippen molar-refractivity contribution in [3.05, 3.63) is 45.1 Å². The Labute approximate surface area is 178 Å². The molecule has 152 valence electrons. The molecule has 2 aromatic heterocycles. The third-order valence-electron chi connectivity index (χ3n) is 5.41. The van der Waals surface area contributed by atoms with Gasteiger partial charge in [-0.15, -0.1) is 11.3 Å². The molecular formula is C22H24N2O3S2. The first-order valence-corrected chi connectivity index (χ1v) is 11.6. The first kappa shape index (κ1) is 20.2. The van der Waals surface area contributed by atoms with E-state index in [2.05, 4.69) is 6.92 Å². The summed E-state index contributed by atoms with van der Waals surface area (Å²) in [7, 11) is 1.61. The van der Waals surface area contributed by atoms with Gasteiger partial charge in [-0.25, -0.2) is 4.98 Å². The van der Waals surface area contributed by atoms with Crippen LogP contribution in [0.15, 0.2) is 34.2 Å². The minimum absolute atomic E-state index is 0.0811. The van der Waals surface area contributed by atoms with Crippen LogP contribution in [0.4, 0.5) is 0 Å². The third-order valence-corrected chi connectivity index (χ3v) is 8.01. The van der Waals surface area contributed by atoms with Crippen molar-refractivity contribution in [3.63, 3.8) is 0 Å². The Morgan fingerprint density at radius 3 is 2.86 bits per heavy atom. The van der Waals surface area contributed by atoms with Crippen LogP contribution in [-0.4, -0.2) is 27.7 Å². The molecule has 7 heteroatoms. The van der Waals surface area contributed by atoms with Gasteiger partial charge in [0.05, 0.1) is 23.4 Å². The zero-order chi connectivity index (χ0) is 20.5. The van der Waals surface area contributed by atoms with Gasteiger partial charge in [0.25, 0.3) is 5.56 Å². The van der Waals surface area contributed by atoms with Gasteiger partial charge in [0, 0.05) is 17.4 Å². The molecule has 0 aliphatic heterocycles. The Hall–Kier alpha value is -2.12. The summed E-state index contributed by atoms with van der Waals surface area (Å²) in [6, 6.07) is 7.43. The van der Waals surface area contributed by atoms with Crippen molar-refractivity contribution in [2.24, 2.45) is 0 Å². The highest BCUT2D eigenvalue weighted by Gasteiger charge is 2.27. The van der Waals surface area contributed by atoms with Crippen LogP contribution in [0.25, 0.3) is 15.9 Å². The van der Waals surface area contributed by atoms with E-state index in [4.69, 9.17) is 9.72 Å². The van der Waals surface area contributed by atoms with Crippen molar-refractivity contribution >= 4 is 39.1 Å². The molecule has 0 spiro atoms. The number of aromatic nitrogens is 2. The van der Waals surface area contributed by atoms with Gasteiger partial charge in [0.1, 0.15) is 16.4 Å². The van der Waals surface area contributed by atoms with Crippen molar-refractivity contribution < 1.29 is 9.53 Å². The second-order valence-corrected chi connectivity index (χ2v) is 9.49. The number of carbonyl (C=O) groups excluding carboxylic acids is 1. The molecule has 3 aromatic rings. The molecular weight excluding hydrogens is 404 g/mol. The fourth-order valence-corrected chi connectivity index (χ4v) is 6.20. The van der Waals surface area contributed by atoms with Crippen molar-refractivity contribution in [2.75, 3.05) is 7.11 Å². The molecule has 1 aliphatic rings.